The van der Waals surface area contributed by atoms with Gasteiger partial charge < -0.3 is 29.4 Å². The molecule has 40 heavy (non-hydrogen) atoms. The lowest BCUT2D eigenvalue weighted by Crippen LogP contribution is -1.93. The van der Waals surface area contributed by atoms with Crippen LogP contribution in [-0.2, 0) is 9.47 Å². The SMILES string of the molecule is COC1=CC(c2ccc[nH]2)=N/C1=C\c1[nH]c(C)cc1C.COC1=CC(c2ccc[nH]2)=N/C1=C\c1[nH]c(C)cc1C. The van der Waals surface area contributed by atoms with Gasteiger partial charge in [0, 0.05) is 47.3 Å². The van der Waals surface area contributed by atoms with Gasteiger partial charge in [0.05, 0.1) is 37.0 Å². The van der Waals surface area contributed by atoms with Crippen molar-refractivity contribution in [1.29, 1.82) is 0 Å². The van der Waals surface area contributed by atoms with Gasteiger partial charge >= 0.3 is 0 Å². The Morgan fingerprint density at radius 1 is 0.650 bits per heavy atom. The summed E-state index contributed by atoms with van der Waals surface area (Å²) in [6.07, 6.45) is 11.7. The average Bonchev–Trinajstić information content (AvgIpc) is 3.76. The Morgan fingerprint density at radius 2 is 1.07 bits per heavy atom. The molecule has 204 valence electrons. The first-order valence-electron chi connectivity index (χ1n) is 13.1. The Bertz CT molecular complexity index is 1560. The summed E-state index contributed by atoms with van der Waals surface area (Å²) >= 11 is 0. The lowest BCUT2D eigenvalue weighted by Gasteiger charge is -2.01. The molecular formula is C32H34N6O2. The number of methoxy groups -OCH3 is 2. The monoisotopic (exact) mass is 534 g/mol. The third-order valence-corrected chi connectivity index (χ3v) is 6.65. The highest BCUT2D eigenvalue weighted by Crippen LogP contribution is 2.27. The number of nitrogens with one attached hydrogen (secondary N) is 4. The van der Waals surface area contributed by atoms with E-state index in [0.29, 0.717) is 0 Å². The van der Waals surface area contributed by atoms with E-state index in [1.54, 1.807) is 14.2 Å². The Balaban J connectivity index is 0.000000161. The summed E-state index contributed by atoms with van der Waals surface area (Å²) in [7, 11) is 3.33. The van der Waals surface area contributed by atoms with Crippen molar-refractivity contribution in [3.8, 4) is 0 Å². The van der Waals surface area contributed by atoms with Gasteiger partial charge in [-0.3, -0.25) is 0 Å². The molecule has 0 saturated heterocycles. The molecule has 0 spiro atoms. The van der Waals surface area contributed by atoms with Crippen molar-refractivity contribution in [2.45, 2.75) is 27.7 Å². The molecule has 0 atom stereocenters. The Morgan fingerprint density at radius 3 is 1.38 bits per heavy atom. The van der Waals surface area contributed by atoms with Gasteiger partial charge in [-0.25, -0.2) is 9.98 Å². The predicted octanol–water partition coefficient (Wildman–Crippen LogP) is 6.67. The van der Waals surface area contributed by atoms with E-state index in [1.807, 2.05) is 74.8 Å². The summed E-state index contributed by atoms with van der Waals surface area (Å²) in [5.74, 6) is 1.56. The lowest BCUT2D eigenvalue weighted by atomic mass is 10.2. The minimum atomic E-state index is 0.779. The van der Waals surface area contributed by atoms with Crippen molar-refractivity contribution < 1.29 is 9.47 Å². The zero-order valence-corrected chi connectivity index (χ0v) is 23.6. The van der Waals surface area contributed by atoms with Gasteiger partial charge in [-0.1, -0.05) is 0 Å². The van der Waals surface area contributed by atoms with E-state index < -0.39 is 0 Å². The Kier molecular flexibility index (Phi) is 7.59. The normalized spacial score (nSPS) is 16.4. The van der Waals surface area contributed by atoms with E-state index in [4.69, 9.17) is 9.47 Å². The molecule has 4 aromatic rings. The molecule has 0 amide bonds. The highest BCUT2D eigenvalue weighted by atomic mass is 16.5. The minimum Gasteiger partial charge on any atom is -0.494 e. The molecule has 2 aliphatic rings. The zero-order chi connectivity index (χ0) is 28.2. The van der Waals surface area contributed by atoms with Gasteiger partial charge in [0.1, 0.15) is 22.9 Å². The Labute approximate surface area is 234 Å². The van der Waals surface area contributed by atoms with Crippen molar-refractivity contribution in [3.63, 3.8) is 0 Å². The van der Waals surface area contributed by atoms with Crippen LogP contribution in [-0.4, -0.2) is 45.6 Å². The van der Waals surface area contributed by atoms with Crippen LogP contribution in [0.15, 0.2) is 93.8 Å². The summed E-state index contributed by atoms with van der Waals surface area (Å²) in [5, 5.41) is 0. The maximum atomic E-state index is 5.42. The van der Waals surface area contributed by atoms with Crippen LogP contribution in [0.2, 0.25) is 0 Å². The number of rotatable bonds is 6. The van der Waals surface area contributed by atoms with E-state index in [0.717, 1.165) is 68.5 Å². The molecule has 4 N–H and O–H groups in total. The van der Waals surface area contributed by atoms with Gasteiger partial charge in [-0.15, -0.1) is 0 Å². The van der Waals surface area contributed by atoms with Gasteiger partial charge in [0.15, 0.2) is 0 Å². The van der Waals surface area contributed by atoms with E-state index >= 15 is 0 Å². The van der Waals surface area contributed by atoms with Crippen LogP contribution in [0.25, 0.3) is 12.2 Å². The second-order valence-corrected chi connectivity index (χ2v) is 9.74. The summed E-state index contributed by atoms with van der Waals surface area (Å²) in [6.45, 7) is 8.25. The van der Waals surface area contributed by atoms with Crippen LogP contribution < -0.4 is 0 Å². The smallest absolute Gasteiger partial charge is 0.146 e. The highest BCUT2D eigenvalue weighted by Gasteiger charge is 2.18. The molecular weight excluding hydrogens is 500 g/mol. The number of allylic oxidation sites excluding steroid dienone is 2. The average molecular weight is 535 g/mol. The van der Waals surface area contributed by atoms with Crippen LogP contribution in [0, 0.1) is 27.7 Å². The first-order chi connectivity index (χ1) is 19.3. The zero-order valence-electron chi connectivity index (χ0n) is 23.6. The molecule has 0 unspecified atom stereocenters. The highest BCUT2D eigenvalue weighted by molar-refractivity contribution is 6.11. The van der Waals surface area contributed by atoms with Crippen LogP contribution in [0.3, 0.4) is 0 Å². The fraction of sp³-hybridized carbons (Fsp3) is 0.188. The van der Waals surface area contributed by atoms with Crippen LogP contribution in [0.1, 0.15) is 45.3 Å². The fourth-order valence-electron chi connectivity index (χ4n) is 4.69. The first-order valence-corrected chi connectivity index (χ1v) is 13.1. The number of aryl methyl sites for hydroxylation is 4. The predicted molar refractivity (Wildman–Crippen MR) is 161 cm³/mol. The van der Waals surface area contributed by atoms with Crippen molar-refractivity contribution >= 4 is 23.6 Å². The number of aromatic amines is 4. The maximum absolute atomic E-state index is 5.42. The molecule has 0 radical (unpaired) electrons. The third kappa shape index (κ3) is 5.71. The largest absolute Gasteiger partial charge is 0.494 e. The number of nitrogens with zero attached hydrogens (tertiary/aromatic N) is 2. The van der Waals surface area contributed by atoms with Crippen LogP contribution in [0.4, 0.5) is 0 Å². The van der Waals surface area contributed by atoms with Crippen LogP contribution >= 0.6 is 0 Å². The molecule has 2 aliphatic heterocycles. The fourth-order valence-corrected chi connectivity index (χ4v) is 4.69. The van der Waals surface area contributed by atoms with E-state index in [1.165, 1.54) is 11.1 Å². The molecule has 6 rings (SSSR count). The molecule has 0 fully saturated rings. The van der Waals surface area contributed by atoms with Crippen molar-refractivity contribution in [1.82, 2.24) is 19.9 Å². The molecule has 8 heteroatoms. The van der Waals surface area contributed by atoms with Crippen molar-refractivity contribution in [2.75, 3.05) is 14.2 Å². The van der Waals surface area contributed by atoms with E-state index in [-0.39, 0.29) is 0 Å². The topological polar surface area (TPSA) is 106 Å². The number of ether oxygens (including phenoxy) is 2. The minimum absolute atomic E-state index is 0.779. The summed E-state index contributed by atoms with van der Waals surface area (Å²) in [4.78, 5) is 22.2. The second kappa shape index (κ2) is 11.4. The lowest BCUT2D eigenvalue weighted by molar-refractivity contribution is 0.303. The van der Waals surface area contributed by atoms with Gasteiger partial charge in [0.2, 0.25) is 0 Å². The first kappa shape index (κ1) is 26.6. The van der Waals surface area contributed by atoms with Crippen LogP contribution in [0.5, 0.6) is 0 Å². The van der Waals surface area contributed by atoms with Crippen molar-refractivity contribution in [3.05, 3.63) is 129 Å². The van der Waals surface area contributed by atoms with Crippen molar-refractivity contribution in [2.24, 2.45) is 9.98 Å². The number of aromatic nitrogens is 4. The molecule has 0 bridgehead atoms. The Hall–Kier alpha value is -4.98. The summed E-state index contributed by atoms with van der Waals surface area (Å²) < 4.78 is 10.8. The molecule has 4 aromatic heterocycles. The molecule has 8 nitrogen and oxygen atoms in total. The van der Waals surface area contributed by atoms with E-state index in [9.17, 15) is 0 Å². The standard InChI is InChI=1S/2C16H17N3O/c2*1-10-7-11(2)18-13(10)8-15-16(20-3)9-14(19-15)12-5-4-6-17-12/h2*4-9,17-18H,1-3H3/b2*15-8-. The molecule has 0 saturated carbocycles. The quantitative estimate of drug-likeness (QED) is 0.222. The van der Waals surface area contributed by atoms with Gasteiger partial charge in [-0.2, -0.15) is 0 Å². The second-order valence-electron chi connectivity index (χ2n) is 9.74. The number of hydrogen-bond donors (Lipinski definition) is 4. The molecule has 0 aromatic carbocycles. The number of aliphatic imine (C=N–C) groups is 2. The molecule has 0 aliphatic carbocycles. The maximum Gasteiger partial charge on any atom is 0.146 e. The van der Waals surface area contributed by atoms with Gasteiger partial charge in [0.25, 0.3) is 0 Å². The summed E-state index contributed by atoms with van der Waals surface area (Å²) in [5.41, 5.74) is 12.2. The number of H-pyrrole nitrogens is 4. The molecule has 6 heterocycles. The summed E-state index contributed by atoms with van der Waals surface area (Å²) in [6, 6.07) is 12.1. The number of hydrogen-bond acceptors (Lipinski definition) is 4. The third-order valence-electron chi connectivity index (χ3n) is 6.65. The van der Waals surface area contributed by atoms with E-state index in [2.05, 4.69) is 55.9 Å². The van der Waals surface area contributed by atoms with Gasteiger partial charge in [-0.05, 0) is 87.4 Å².